The first-order valence-corrected chi connectivity index (χ1v) is 11.1. The topological polar surface area (TPSA) is 76.3 Å². The Labute approximate surface area is 198 Å². The van der Waals surface area contributed by atoms with Crippen molar-refractivity contribution in [1.82, 2.24) is 14.4 Å². The largest absolute Gasteiger partial charge is 1.00 e. The lowest BCUT2D eigenvalue weighted by Crippen LogP contribution is -3.14. The van der Waals surface area contributed by atoms with E-state index < -0.39 is 0 Å². The first-order valence-electron chi connectivity index (χ1n) is 11.1. The summed E-state index contributed by atoms with van der Waals surface area (Å²) in [7, 11) is 1.73. The molecule has 4 heterocycles. The Hall–Kier alpha value is -3.23. The number of rotatable bonds is 7. The van der Waals surface area contributed by atoms with Crippen LogP contribution in [0.15, 0.2) is 59.5 Å². The van der Waals surface area contributed by atoms with E-state index in [9.17, 15) is 4.79 Å². The number of ether oxygens (including phenoxy) is 2. The zero-order chi connectivity index (χ0) is 21.9. The van der Waals surface area contributed by atoms with Crippen molar-refractivity contribution in [3.05, 3.63) is 65.1 Å². The number of halogens is 1. The fourth-order valence-corrected chi connectivity index (χ4v) is 4.43. The van der Waals surface area contributed by atoms with Gasteiger partial charge in [-0.05, 0) is 30.3 Å². The number of nitrogens with one attached hydrogen (secondary N) is 2. The standard InChI is InChI=1S/C24H27N5O3.ClH/c1-31-21-8-3-2-6-19(21)28-15-13-27(14-16-28)11-5-17-32-22-10-9-18-23(26-22)29-12-4-7-20(29)24(30)25-18;/h2-4,6-10,12H,5,11,13-17H2,1H3,(H,25,30);1H. The maximum absolute atomic E-state index is 12.1. The van der Waals surface area contributed by atoms with Gasteiger partial charge in [-0.25, -0.2) is 0 Å². The van der Waals surface area contributed by atoms with Gasteiger partial charge in [0.15, 0.2) is 5.65 Å². The molecule has 0 unspecified atom stereocenters. The normalized spacial score (nSPS) is 14.4. The van der Waals surface area contributed by atoms with Crippen molar-refractivity contribution < 1.29 is 26.8 Å². The molecule has 33 heavy (non-hydrogen) atoms. The molecule has 0 spiro atoms. The number of hydrogen-bond donors (Lipinski definition) is 2. The molecule has 5 rings (SSSR count). The summed E-state index contributed by atoms with van der Waals surface area (Å²) < 4.78 is 13.2. The number of fused-ring (bicyclic) bond motifs is 3. The summed E-state index contributed by atoms with van der Waals surface area (Å²) in [6, 6.07) is 15.5. The van der Waals surface area contributed by atoms with E-state index in [1.165, 1.54) is 5.69 Å². The van der Waals surface area contributed by atoms with E-state index in [1.807, 2.05) is 36.5 Å². The molecule has 174 valence electrons. The Bertz CT molecular complexity index is 1280. The predicted octanol–water partition coefficient (Wildman–Crippen LogP) is -1.64. The third-order valence-electron chi connectivity index (χ3n) is 6.13. The van der Waals surface area contributed by atoms with Gasteiger partial charge in [-0.3, -0.25) is 9.20 Å². The summed E-state index contributed by atoms with van der Waals surface area (Å²) in [5.41, 5.74) is 3.03. The molecule has 0 bridgehead atoms. The molecule has 0 amide bonds. The zero-order valence-corrected chi connectivity index (χ0v) is 19.3. The van der Waals surface area contributed by atoms with Gasteiger partial charge in [0, 0.05) is 18.7 Å². The van der Waals surface area contributed by atoms with Crippen LogP contribution in [0.25, 0.3) is 16.7 Å². The Morgan fingerprint density at radius 3 is 2.73 bits per heavy atom. The van der Waals surface area contributed by atoms with Crippen molar-refractivity contribution in [2.24, 2.45) is 0 Å². The first kappa shape index (κ1) is 22.9. The van der Waals surface area contributed by atoms with E-state index in [1.54, 1.807) is 22.5 Å². The van der Waals surface area contributed by atoms with Crippen LogP contribution in [-0.2, 0) is 0 Å². The van der Waals surface area contributed by atoms with Crippen LogP contribution in [-0.4, -0.2) is 60.8 Å². The highest BCUT2D eigenvalue weighted by Gasteiger charge is 2.21. The Morgan fingerprint density at radius 1 is 1.09 bits per heavy atom. The van der Waals surface area contributed by atoms with E-state index in [0.29, 0.717) is 29.2 Å². The van der Waals surface area contributed by atoms with Crippen molar-refractivity contribution >= 4 is 22.4 Å². The van der Waals surface area contributed by atoms with Crippen LogP contribution < -0.4 is 37.2 Å². The number of methoxy groups -OCH3 is 1. The van der Waals surface area contributed by atoms with Crippen LogP contribution in [0.2, 0.25) is 0 Å². The maximum Gasteiger partial charge on any atom is 0.272 e. The van der Waals surface area contributed by atoms with Crippen LogP contribution >= 0.6 is 0 Å². The highest BCUT2D eigenvalue weighted by Crippen LogP contribution is 2.27. The van der Waals surface area contributed by atoms with Crippen LogP contribution in [0.1, 0.15) is 6.42 Å². The summed E-state index contributed by atoms with van der Waals surface area (Å²) in [6.45, 7) is 5.94. The van der Waals surface area contributed by atoms with Crippen LogP contribution in [0.5, 0.6) is 11.6 Å². The number of benzene rings is 1. The minimum Gasteiger partial charge on any atom is -1.00 e. The van der Waals surface area contributed by atoms with Crippen molar-refractivity contribution in [2.45, 2.75) is 6.42 Å². The fourth-order valence-electron chi connectivity index (χ4n) is 4.43. The van der Waals surface area contributed by atoms with Gasteiger partial charge < -0.3 is 36.7 Å². The molecule has 0 aliphatic carbocycles. The first-order chi connectivity index (χ1) is 15.7. The van der Waals surface area contributed by atoms with Gasteiger partial charge in [-0.1, -0.05) is 12.1 Å². The number of anilines is 1. The lowest BCUT2D eigenvalue weighted by Gasteiger charge is -2.34. The molecule has 0 radical (unpaired) electrons. The number of para-hydroxylation sites is 2. The predicted molar refractivity (Wildman–Crippen MR) is 124 cm³/mol. The lowest BCUT2D eigenvalue weighted by atomic mass is 10.2. The van der Waals surface area contributed by atoms with Crippen molar-refractivity contribution in [1.29, 1.82) is 0 Å². The molecule has 0 saturated carbocycles. The highest BCUT2D eigenvalue weighted by atomic mass is 35.5. The smallest absolute Gasteiger partial charge is 0.272 e. The second kappa shape index (κ2) is 10.1. The van der Waals surface area contributed by atoms with Crippen molar-refractivity contribution in [2.75, 3.05) is 51.3 Å². The van der Waals surface area contributed by atoms with Gasteiger partial charge >= 0.3 is 0 Å². The molecule has 1 saturated heterocycles. The van der Waals surface area contributed by atoms with E-state index in [4.69, 9.17) is 9.47 Å². The van der Waals surface area contributed by atoms with Gasteiger partial charge in [0.05, 0.1) is 57.6 Å². The van der Waals surface area contributed by atoms with E-state index in [-0.39, 0.29) is 18.0 Å². The third kappa shape index (κ3) is 4.77. The molecule has 9 heteroatoms. The van der Waals surface area contributed by atoms with Crippen molar-refractivity contribution in [3.63, 3.8) is 0 Å². The minimum absolute atomic E-state index is 0. The second-order valence-electron chi connectivity index (χ2n) is 8.10. The molecule has 4 aromatic rings. The number of piperazine rings is 1. The average Bonchev–Trinajstić information content (AvgIpc) is 3.34. The number of H-pyrrole nitrogens is 1. The van der Waals surface area contributed by atoms with Gasteiger partial charge in [-0.2, -0.15) is 4.98 Å². The third-order valence-corrected chi connectivity index (χ3v) is 6.13. The Balaban J connectivity index is 0.00000259. The average molecular weight is 470 g/mol. The molecule has 1 aromatic carbocycles. The number of quaternary nitrogens is 1. The molecule has 3 aromatic heterocycles. The minimum atomic E-state index is -0.119. The van der Waals surface area contributed by atoms with Crippen LogP contribution in [0.4, 0.5) is 5.69 Å². The molecule has 0 atom stereocenters. The fraction of sp³-hybridized carbons (Fsp3) is 0.333. The molecule has 8 nitrogen and oxygen atoms in total. The number of aromatic amines is 1. The van der Waals surface area contributed by atoms with E-state index in [0.717, 1.165) is 44.9 Å². The maximum atomic E-state index is 12.1. The second-order valence-corrected chi connectivity index (χ2v) is 8.10. The number of aromatic nitrogens is 3. The monoisotopic (exact) mass is 469 g/mol. The summed E-state index contributed by atoms with van der Waals surface area (Å²) in [5.74, 6) is 1.52. The van der Waals surface area contributed by atoms with Crippen molar-refractivity contribution in [3.8, 4) is 11.6 Å². The Kier molecular flexibility index (Phi) is 7.05. The van der Waals surface area contributed by atoms with Gasteiger partial charge in [0.1, 0.15) is 11.3 Å². The highest BCUT2D eigenvalue weighted by molar-refractivity contribution is 5.74. The quantitative estimate of drug-likeness (QED) is 0.318. The summed E-state index contributed by atoms with van der Waals surface area (Å²) in [6.07, 6.45) is 2.81. The molecular weight excluding hydrogens is 442 g/mol. The van der Waals surface area contributed by atoms with E-state index >= 15 is 0 Å². The van der Waals surface area contributed by atoms with E-state index in [2.05, 4.69) is 27.0 Å². The van der Waals surface area contributed by atoms with Crippen LogP contribution in [0.3, 0.4) is 0 Å². The molecule has 1 fully saturated rings. The molecule has 1 aliphatic rings. The van der Waals surface area contributed by atoms with Gasteiger partial charge in [-0.15, -0.1) is 0 Å². The van der Waals surface area contributed by atoms with Crippen LogP contribution in [0, 0.1) is 0 Å². The SMILES string of the molecule is COc1ccccc1N1CC[NH+](CCCOc2ccc3[nH]c(=O)c4cccn4c3n2)CC1.[Cl-]. The molecule has 2 N–H and O–H groups in total. The molecule has 1 aliphatic heterocycles. The summed E-state index contributed by atoms with van der Waals surface area (Å²) >= 11 is 0. The summed E-state index contributed by atoms with van der Waals surface area (Å²) in [4.78, 5) is 23.6. The Morgan fingerprint density at radius 2 is 1.91 bits per heavy atom. The van der Waals surface area contributed by atoms with Gasteiger partial charge in [0.25, 0.3) is 5.56 Å². The zero-order valence-electron chi connectivity index (χ0n) is 18.6. The number of hydrogen-bond acceptors (Lipinski definition) is 5. The molecular formula is C24H28ClN5O3. The lowest BCUT2D eigenvalue weighted by molar-refractivity contribution is -0.900. The summed E-state index contributed by atoms with van der Waals surface area (Å²) in [5, 5.41) is 0. The van der Waals surface area contributed by atoms with Gasteiger partial charge in [0.2, 0.25) is 5.88 Å². The number of nitrogens with zero attached hydrogens (tertiary/aromatic N) is 3. The number of pyridine rings is 1.